The Morgan fingerprint density at radius 1 is 1.43 bits per heavy atom. The Kier molecular flexibility index (Phi) is 4.07. The van der Waals surface area contributed by atoms with E-state index in [1.165, 1.54) is 13.8 Å². The van der Waals surface area contributed by atoms with Gasteiger partial charge in [-0.15, -0.1) is 0 Å². The molecule has 0 aliphatic carbocycles. The minimum atomic E-state index is -1.56. The van der Waals surface area contributed by atoms with Crippen molar-refractivity contribution in [3.05, 3.63) is 0 Å². The standard InChI is InChI=1S/C9H17NO4/c1-5(2)7(14-6(3)11)9(4,10)8(12)13/h5,7H,10H2,1-4H3,(H,12,13). The normalized spacial score (nSPS) is 17.3. The number of hydrogen-bond donors (Lipinski definition) is 2. The van der Waals surface area contributed by atoms with Crippen LogP contribution < -0.4 is 5.73 Å². The van der Waals surface area contributed by atoms with Crippen LogP contribution in [0, 0.1) is 5.92 Å². The first-order valence-corrected chi connectivity index (χ1v) is 4.39. The zero-order valence-corrected chi connectivity index (χ0v) is 8.90. The lowest BCUT2D eigenvalue weighted by molar-refractivity contribution is -0.161. The number of carboxylic acid groups (broad SMARTS) is 1. The Hall–Kier alpha value is -1.10. The second kappa shape index (κ2) is 4.41. The average molecular weight is 203 g/mol. The van der Waals surface area contributed by atoms with Crippen molar-refractivity contribution in [3.8, 4) is 0 Å². The van der Waals surface area contributed by atoms with Crippen molar-refractivity contribution in [2.75, 3.05) is 0 Å². The van der Waals surface area contributed by atoms with E-state index in [1.807, 2.05) is 0 Å². The summed E-state index contributed by atoms with van der Waals surface area (Å²) >= 11 is 0. The fourth-order valence-corrected chi connectivity index (χ4v) is 1.25. The van der Waals surface area contributed by atoms with E-state index in [-0.39, 0.29) is 5.92 Å². The second-order valence-corrected chi connectivity index (χ2v) is 3.86. The van der Waals surface area contributed by atoms with Crippen LogP contribution >= 0.6 is 0 Å². The molecule has 0 aliphatic heterocycles. The molecular weight excluding hydrogens is 186 g/mol. The molecule has 5 heteroatoms. The molecule has 0 saturated carbocycles. The minimum absolute atomic E-state index is 0.148. The summed E-state index contributed by atoms with van der Waals surface area (Å²) in [6, 6.07) is 0. The Morgan fingerprint density at radius 2 is 1.86 bits per heavy atom. The molecule has 2 atom stereocenters. The van der Waals surface area contributed by atoms with Crippen LogP contribution in [0.15, 0.2) is 0 Å². The molecule has 3 N–H and O–H groups in total. The number of ether oxygens (including phenoxy) is 1. The van der Waals surface area contributed by atoms with E-state index in [4.69, 9.17) is 15.6 Å². The minimum Gasteiger partial charge on any atom is -0.480 e. The van der Waals surface area contributed by atoms with Crippen molar-refractivity contribution in [3.63, 3.8) is 0 Å². The largest absolute Gasteiger partial charge is 0.480 e. The fourth-order valence-electron chi connectivity index (χ4n) is 1.25. The van der Waals surface area contributed by atoms with Crippen LogP contribution in [0.3, 0.4) is 0 Å². The number of esters is 1. The van der Waals surface area contributed by atoms with Gasteiger partial charge in [-0.2, -0.15) is 0 Å². The number of carbonyl (C=O) groups excluding carboxylic acids is 1. The van der Waals surface area contributed by atoms with Gasteiger partial charge in [-0.1, -0.05) is 13.8 Å². The molecule has 14 heavy (non-hydrogen) atoms. The van der Waals surface area contributed by atoms with Crippen LogP contribution in [0.25, 0.3) is 0 Å². The van der Waals surface area contributed by atoms with Crippen LogP contribution in [0.5, 0.6) is 0 Å². The van der Waals surface area contributed by atoms with Crippen molar-refractivity contribution >= 4 is 11.9 Å². The van der Waals surface area contributed by atoms with Crippen LogP contribution in [0.4, 0.5) is 0 Å². The SMILES string of the molecule is CC(=O)OC(C(C)C)C(C)(N)C(=O)O. The molecule has 0 heterocycles. The monoisotopic (exact) mass is 203 g/mol. The number of carboxylic acids is 1. The highest BCUT2D eigenvalue weighted by molar-refractivity contribution is 5.79. The maximum Gasteiger partial charge on any atom is 0.327 e. The quantitative estimate of drug-likeness (QED) is 0.644. The fraction of sp³-hybridized carbons (Fsp3) is 0.778. The van der Waals surface area contributed by atoms with Gasteiger partial charge in [0.15, 0.2) is 0 Å². The molecule has 5 nitrogen and oxygen atoms in total. The summed E-state index contributed by atoms with van der Waals surface area (Å²) in [7, 11) is 0. The van der Waals surface area contributed by atoms with Crippen molar-refractivity contribution in [2.24, 2.45) is 11.7 Å². The van der Waals surface area contributed by atoms with Crippen LogP contribution in [0.2, 0.25) is 0 Å². The second-order valence-electron chi connectivity index (χ2n) is 3.86. The van der Waals surface area contributed by atoms with Crippen molar-refractivity contribution in [2.45, 2.75) is 39.3 Å². The Labute approximate surface area is 83.2 Å². The van der Waals surface area contributed by atoms with Gasteiger partial charge in [0.25, 0.3) is 0 Å². The molecular formula is C9H17NO4. The highest BCUT2D eigenvalue weighted by Gasteiger charge is 2.41. The zero-order valence-electron chi connectivity index (χ0n) is 8.90. The lowest BCUT2D eigenvalue weighted by Crippen LogP contribution is -2.58. The number of aliphatic carboxylic acids is 1. The molecule has 0 saturated heterocycles. The van der Waals surface area contributed by atoms with E-state index in [1.54, 1.807) is 13.8 Å². The highest BCUT2D eigenvalue weighted by atomic mass is 16.5. The molecule has 0 spiro atoms. The predicted molar refractivity (Wildman–Crippen MR) is 50.6 cm³/mol. The van der Waals surface area contributed by atoms with Crippen molar-refractivity contribution < 1.29 is 19.4 Å². The highest BCUT2D eigenvalue weighted by Crippen LogP contribution is 2.19. The van der Waals surface area contributed by atoms with E-state index in [0.717, 1.165) is 0 Å². The summed E-state index contributed by atoms with van der Waals surface area (Å²) < 4.78 is 4.89. The van der Waals surface area contributed by atoms with Crippen LogP contribution in [-0.4, -0.2) is 28.7 Å². The molecule has 0 aromatic rings. The molecule has 0 radical (unpaired) electrons. The maximum absolute atomic E-state index is 10.8. The number of rotatable bonds is 4. The summed E-state index contributed by atoms with van der Waals surface area (Å²) in [4.78, 5) is 21.6. The van der Waals surface area contributed by atoms with Gasteiger partial charge in [0, 0.05) is 6.92 Å². The van der Waals surface area contributed by atoms with E-state index in [9.17, 15) is 9.59 Å². The van der Waals surface area contributed by atoms with Crippen LogP contribution in [-0.2, 0) is 14.3 Å². The van der Waals surface area contributed by atoms with Gasteiger partial charge in [-0.3, -0.25) is 9.59 Å². The molecule has 0 aliphatic rings. The molecule has 0 aromatic carbocycles. The van der Waals surface area contributed by atoms with E-state index in [0.29, 0.717) is 0 Å². The van der Waals surface area contributed by atoms with E-state index >= 15 is 0 Å². The smallest absolute Gasteiger partial charge is 0.327 e. The summed E-state index contributed by atoms with van der Waals surface area (Å²) in [6.45, 7) is 6.07. The van der Waals surface area contributed by atoms with E-state index < -0.39 is 23.6 Å². The third-order valence-electron chi connectivity index (χ3n) is 1.95. The summed E-state index contributed by atoms with van der Waals surface area (Å²) in [5.41, 5.74) is 4.02. The molecule has 2 unspecified atom stereocenters. The summed E-state index contributed by atoms with van der Waals surface area (Å²) in [6.07, 6.45) is -0.822. The lowest BCUT2D eigenvalue weighted by atomic mass is 9.88. The van der Waals surface area contributed by atoms with Gasteiger partial charge in [-0.05, 0) is 12.8 Å². The van der Waals surface area contributed by atoms with Gasteiger partial charge in [-0.25, -0.2) is 0 Å². The first-order chi connectivity index (χ1) is 6.19. The number of carbonyl (C=O) groups is 2. The first-order valence-electron chi connectivity index (χ1n) is 4.39. The van der Waals surface area contributed by atoms with Gasteiger partial charge >= 0.3 is 11.9 Å². The third kappa shape index (κ3) is 2.99. The first kappa shape index (κ1) is 12.9. The van der Waals surface area contributed by atoms with Gasteiger partial charge in [0.2, 0.25) is 0 Å². The third-order valence-corrected chi connectivity index (χ3v) is 1.95. The van der Waals surface area contributed by atoms with E-state index in [2.05, 4.69) is 0 Å². The topological polar surface area (TPSA) is 89.6 Å². The van der Waals surface area contributed by atoms with Gasteiger partial charge in [0.1, 0.15) is 11.6 Å². The number of hydrogen-bond acceptors (Lipinski definition) is 4. The van der Waals surface area contributed by atoms with Crippen molar-refractivity contribution in [1.82, 2.24) is 0 Å². The molecule has 0 bridgehead atoms. The van der Waals surface area contributed by atoms with Gasteiger partial charge < -0.3 is 15.6 Å². The molecule has 82 valence electrons. The maximum atomic E-state index is 10.8. The average Bonchev–Trinajstić information content (AvgIpc) is 1.98. The predicted octanol–water partition coefficient (Wildman–Crippen LogP) is 0.376. The van der Waals surface area contributed by atoms with Crippen LogP contribution in [0.1, 0.15) is 27.7 Å². The Bertz CT molecular complexity index is 235. The Balaban J connectivity index is 4.81. The van der Waals surface area contributed by atoms with Gasteiger partial charge in [0.05, 0.1) is 0 Å². The summed E-state index contributed by atoms with van der Waals surface area (Å²) in [5.74, 6) is -1.86. The summed E-state index contributed by atoms with van der Waals surface area (Å²) in [5, 5.41) is 8.86. The molecule has 0 rings (SSSR count). The molecule has 0 aromatic heterocycles. The molecule has 0 fully saturated rings. The Morgan fingerprint density at radius 3 is 2.07 bits per heavy atom. The molecule has 0 amide bonds. The lowest BCUT2D eigenvalue weighted by Gasteiger charge is -2.32. The zero-order chi connectivity index (χ0) is 11.5. The van der Waals surface area contributed by atoms with Crippen molar-refractivity contribution in [1.29, 1.82) is 0 Å². The number of nitrogens with two attached hydrogens (primary N) is 1.